The van der Waals surface area contributed by atoms with E-state index in [1.54, 1.807) is 13.2 Å². The topological polar surface area (TPSA) is 82.7 Å². The number of likely N-dealkylation sites (tertiary alicyclic amines) is 1. The summed E-state index contributed by atoms with van der Waals surface area (Å²) in [4.78, 5) is 27.6. The zero-order chi connectivity index (χ0) is 21.9. The Balaban J connectivity index is 2.06. The number of benzene rings is 1. The Morgan fingerprint density at radius 3 is 2.60 bits per heavy atom. The summed E-state index contributed by atoms with van der Waals surface area (Å²) in [6, 6.07) is 5.02. The molecule has 3 N–H and O–H groups in total. The minimum Gasteiger partial charge on any atom is -0.385 e. The average Bonchev–Trinajstić information content (AvgIpc) is 2.75. The first-order valence-electron chi connectivity index (χ1n) is 10.3. The maximum Gasteiger partial charge on any atom is 0.254 e. The van der Waals surface area contributed by atoms with Crippen LogP contribution in [0.4, 0.5) is 4.39 Å². The summed E-state index contributed by atoms with van der Waals surface area (Å²) in [6.45, 7) is 5.11. The van der Waals surface area contributed by atoms with Crippen molar-refractivity contribution < 1.29 is 18.7 Å². The zero-order valence-electron chi connectivity index (χ0n) is 17.6. The van der Waals surface area contributed by atoms with Gasteiger partial charge in [0.05, 0.1) is 5.56 Å². The van der Waals surface area contributed by atoms with Gasteiger partial charge in [-0.1, -0.05) is 12.1 Å². The molecule has 0 aliphatic carbocycles. The van der Waals surface area contributed by atoms with Gasteiger partial charge in [0.25, 0.3) is 5.91 Å². The van der Waals surface area contributed by atoms with Gasteiger partial charge in [-0.15, -0.1) is 0 Å². The van der Waals surface area contributed by atoms with E-state index in [0.717, 1.165) is 6.54 Å². The van der Waals surface area contributed by atoms with Crippen LogP contribution in [0.2, 0.25) is 0 Å². The number of amides is 2. The van der Waals surface area contributed by atoms with E-state index in [4.69, 9.17) is 17.0 Å². The quantitative estimate of drug-likeness (QED) is 0.402. The summed E-state index contributed by atoms with van der Waals surface area (Å²) >= 11 is 5.37. The molecule has 9 heteroatoms. The fraction of sp³-hybridized carbons (Fsp3) is 0.571. The summed E-state index contributed by atoms with van der Waals surface area (Å²) < 4.78 is 19.0. The van der Waals surface area contributed by atoms with Crippen LogP contribution in [0.5, 0.6) is 0 Å². The lowest BCUT2D eigenvalue weighted by Crippen LogP contribution is -2.54. The number of hydrogen-bond donors (Lipinski definition) is 3. The van der Waals surface area contributed by atoms with Crippen molar-refractivity contribution in [2.75, 3.05) is 39.9 Å². The third-order valence-corrected chi connectivity index (χ3v) is 5.54. The lowest BCUT2D eigenvalue weighted by molar-refractivity contribution is -0.124. The number of ether oxygens (including phenoxy) is 1. The summed E-state index contributed by atoms with van der Waals surface area (Å²) in [7, 11) is 1.60. The van der Waals surface area contributed by atoms with Gasteiger partial charge in [0.15, 0.2) is 5.11 Å². The van der Waals surface area contributed by atoms with Crippen molar-refractivity contribution in [3.63, 3.8) is 0 Å². The Bertz CT molecular complexity index is 726. The molecule has 1 unspecified atom stereocenters. The van der Waals surface area contributed by atoms with E-state index in [0.29, 0.717) is 50.6 Å². The van der Waals surface area contributed by atoms with Crippen molar-refractivity contribution in [2.45, 2.75) is 32.2 Å². The molecule has 166 valence electrons. The molecule has 0 bridgehead atoms. The molecule has 2 amide bonds. The first-order valence-corrected chi connectivity index (χ1v) is 10.7. The van der Waals surface area contributed by atoms with Gasteiger partial charge in [-0.05, 0) is 56.5 Å². The molecule has 0 radical (unpaired) electrons. The minimum absolute atomic E-state index is 0.0659. The normalized spacial score (nSPS) is 15.4. The molecule has 1 aromatic carbocycles. The highest BCUT2D eigenvalue weighted by Gasteiger charge is 2.33. The molecule has 7 nitrogen and oxygen atoms in total. The summed E-state index contributed by atoms with van der Waals surface area (Å²) in [5, 5.41) is 9.46. The second-order valence-electron chi connectivity index (χ2n) is 7.23. The number of methoxy groups -OCH3 is 1. The van der Waals surface area contributed by atoms with Crippen LogP contribution in [0.1, 0.15) is 36.5 Å². The van der Waals surface area contributed by atoms with Crippen LogP contribution in [0, 0.1) is 11.7 Å². The number of carbonyl (C=O) groups excluding carboxylic acids is 2. The van der Waals surface area contributed by atoms with Crippen LogP contribution >= 0.6 is 12.2 Å². The fourth-order valence-corrected chi connectivity index (χ4v) is 3.83. The van der Waals surface area contributed by atoms with Crippen LogP contribution in [-0.2, 0) is 9.53 Å². The fourth-order valence-electron chi connectivity index (χ4n) is 3.50. The molecule has 0 spiro atoms. The Kier molecular flexibility index (Phi) is 9.96. The van der Waals surface area contributed by atoms with Gasteiger partial charge in [-0.25, -0.2) is 4.39 Å². The minimum atomic E-state index is -0.741. The number of carbonyl (C=O) groups is 2. The van der Waals surface area contributed by atoms with Crippen LogP contribution in [0.15, 0.2) is 24.3 Å². The van der Waals surface area contributed by atoms with Crippen LogP contribution < -0.4 is 16.0 Å². The van der Waals surface area contributed by atoms with Crippen LogP contribution in [0.25, 0.3) is 0 Å². The lowest BCUT2D eigenvalue weighted by atomic mass is 9.88. The van der Waals surface area contributed by atoms with E-state index in [1.807, 2.05) is 6.92 Å². The third-order valence-electron chi connectivity index (χ3n) is 5.14. The lowest BCUT2D eigenvalue weighted by Gasteiger charge is -2.37. The molecule has 1 atom stereocenters. The van der Waals surface area contributed by atoms with Gasteiger partial charge in [-0.3, -0.25) is 9.59 Å². The molecule has 0 saturated carbocycles. The van der Waals surface area contributed by atoms with Crippen molar-refractivity contribution in [2.24, 2.45) is 5.92 Å². The SMILES string of the molecule is CCNC(=S)N1CCC(C(NC(=O)c2ccccc2F)C(=O)NCCCOC)CC1. The van der Waals surface area contributed by atoms with Gasteiger partial charge >= 0.3 is 0 Å². The van der Waals surface area contributed by atoms with E-state index < -0.39 is 17.8 Å². The Hall–Kier alpha value is -2.26. The molecule has 1 heterocycles. The molecule has 1 aromatic rings. The molecule has 1 aliphatic rings. The molecule has 0 aromatic heterocycles. The number of nitrogens with zero attached hydrogens (tertiary/aromatic N) is 1. The first kappa shape index (κ1) is 24.0. The van der Waals surface area contributed by atoms with E-state index >= 15 is 0 Å². The monoisotopic (exact) mass is 438 g/mol. The van der Waals surface area contributed by atoms with Crippen molar-refractivity contribution in [3.05, 3.63) is 35.6 Å². The zero-order valence-corrected chi connectivity index (χ0v) is 18.4. The Morgan fingerprint density at radius 1 is 1.27 bits per heavy atom. The number of halogens is 1. The van der Waals surface area contributed by atoms with Gasteiger partial charge in [-0.2, -0.15) is 0 Å². The maximum absolute atomic E-state index is 14.0. The summed E-state index contributed by atoms with van der Waals surface area (Å²) in [5.74, 6) is -1.52. The Morgan fingerprint density at radius 2 is 1.97 bits per heavy atom. The van der Waals surface area contributed by atoms with Crippen molar-refractivity contribution in [1.29, 1.82) is 0 Å². The largest absolute Gasteiger partial charge is 0.385 e. The van der Waals surface area contributed by atoms with Gasteiger partial charge in [0.2, 0.25) is 5.91 Å². The van der Waals surface area contributed by atoms with Crippen LogP contribution in [0.3, 0.4) is 0 Å². The summed E-state index contributed by atoms with van der Waals surface area (Å²) in [6.07, 6.45) is 2.06. The van der Waals surface area contributed by atoms with Crippen molar-refractivity contribution in [1.82, 2.24) is 20.9 Å². The van der Waals surface area contributed by atoms with E-state index in [-0.39, 0.29) is 17.4 Å². The van der Waals surface area contributed by atoms with Gasteiger partial charge < -0.3 is 25.6 Å². The van der Waals surface area contributed by atoms with Gasteiger partial charge in [0, 0.05) is 39.9 Å². The van der Waals surface area contributed by atoms with Crippen LogP contribution in [-0.4, -0.2) is 67.8 Å². The van der Waals surface area contributed by atoms with Crippen molar-refractivity contribution in [3.8, 4) is 0 Å². The maximum atomic E-state index is 14.0. The summed E-state index contributed by atoms with van der Waals surface area (Å²) in [5.41, 5.74) is -0.0690. The number of nitrogens with one attached hydrogen (secondary N) is 3. The van der Waals surface area contributed by atoms with Crippen molar-refractivity contribution >= 4 is 29.1 Å². The van der Waals surface area contributed by atoms with E-state index in [2.05, 4.69) is 20.9 Å². The second-order valence-corrected chi connectivity index (χ2v) is 7.62. The van der Waals surface area contributed by atoms with E-state index in [1.165, 1.54) is 18.2 Å². The molecule has 1 saturated heterocycles. The Labute approximate surface area is 182 Å². The number of piperidine rings is 1. The molecule has 30 heavy (non-hydrogen) atoms. The van der Waals surface area contributed by atoms with Gasteiger partial charge in [0.1, 0.15) is 11.9 Å². The molecule has 2 rings (SSSR count). The van der Waals surface area contributed by atoms with E-state index in [9.17, 15) is 14.0 Å². The number of thiocarbonyl (C=S) groups is 1. The molecule has 1 fully saturated rings. The molecule has 1 aliphatic heterocycles. The average molecular weight is 439 g/mol. The standard InChI is InChI=1S/C21H31FN4O3S/c1-3-23-21(30)26-12-9-15(10-13-26)18(20(28)24-11-6-14-29-2)25-19(27)16-7-4-5-8-17(16)22/h4-5,7-8,15,18H,3,6,9-14H2,1-2H3,(H,23,30)(H,24,28)(H,25,27). The molecular formula is C21H31FN4O3S. The highest BCUT2D eigenvalue weighted by Crippen LogP contribution is 2.22. The first-order chi connectivity index (χ1) is 14.5. The number of hydrogen-bond acceptors (Lipinski definition) is 4. The predicted octanol–water partition coefficient (Wildman–Crippen LogP) is 1.68. The highest BCUT2D eigenvalue weighted by molar-refractivity contribution is 7.80. The predicted molar refractivity (Wildman–Crippen MR) is 118 cm³/mol. The smallest absolute Gasteiger partial charge is 0.254 e. The second kappa shape index (κ2) is 12.4. The number of rotatable bonds is 9. The highest BCUT2D eigenvalue weighted by atomic mass is 32.1. The third kappa shape index (κ3) is 6.91. The molecular weight excluding hydrogens is 407 g/mol.